The molecule has 3 nitrogen and oxygen atoms in total. The minimum Gasteiger partial charge on any atom is -0.497 e. The lowest BCUT2D eigenvalue weighted by Gasteiger charge is -2.32. The highest BCUT2D eigenvalue weighted by Crippen LogP contribution is 2.37. The SMILES string of the molecule is COc1ccc(CCB2OC(C)(C)C(C)(C)O2)cc1. The first-order valence-corrected chi connectivity index (χ1v) is 6.83. The summed E-state index contributed by atoms with van der Waals surface area (Å²) in [4.78, 5) is 0. The summed E-state index contributed by atoms with van der Waals surface area (Å²) >= 11 is 0. The highest BCUT2D eigenvalue weighted by atomic mass is 16.7. The zero-order valence-electron chi connectivity index (χ0n) is 12.5. The Balaban J connectivity index is 1.90. The summed E-state index contributed by atoms with van der Waals surface area (Å²) in [5.74, 6) is 0.888. The topological polar surface area (TPSA) is 27.7 Å². The predicted octanol–water partition coefficient (Wildman–Crippen LogP) is 3.33. The van der Waals surface area contributed by atoms with E-state index in [9.17, 15) is 0 Å². The molecule has 0 saturated carbocycles. The Morgan fingerprint density at radius 3 is 2.00 bits per heavy atom. The Hall–Kier alpha value is -0.995. The van der Waals surface area contributed by atoms with E-state index >= 15 is 0 Å². The summed E-state index contributed by atoms with van der Waals surface area (Å²) < 4.78 is 17.1. The van der Waals surface area contributed by atoms with E-state index in [1.165, 1.54) is 5.56 Å². The van der Waals surface area contributed by atoms with E-state index in [0.717, 1.165) is 18.5 Å². The van der Waals surface area contributed by atoms with Gasteiger partial charge in [-0.15, -0.1) is 0 Å². The van der Waals surface area contributed by atoms with Gasteiger partial charge in [0.05, 0.1) is 18.3 Å². The van der Waals surface area contributed by atoms with Crippen LogP contribution in [0.4, 0.5) is 0 Å². The normalized spacial score (nSPS) is 20.6. The molecule has 0 unspecified atom stereocenters. The molecule has 0 aromatic heterocycles. The van der Waals surface area contributed by atoms with Gasteiger partial charge in [-0.1, -0.05) is 12.1 Å². The highest BCUT2D eigenvalue weighted by Gasteiger charge is 2.50. The van der Waals surface area contributed by atoms with Gasteiger partial charge < -0.3 is 14.0 Å². The number of rotatable bonds is 4. The highest BCUT2D eigenvalue weighted by molar-refractivity contribution is 6.45. The Morgan fingerprint density at radius 2 is 1.53 bits per heavy atom. The van der Waals surface area contributed by atoms with Crippen LogP contribution in [0.1, 0.15) is 33.3 Å². The number of benzene rings is 1. The van der Waals surface area contributed by atoms with Crippen LogP contribution < -0.4 is 4.74 Å². The number of methoxy groups -OCH3 is 1. The monoisotopic (exact) mass is 262 g/mol. The van der Waals surface area contributed by atoms with Crippen LogP contribution in [0, 0.1) is 0 Å². The molecule has 0 bridgehead atoms. The van der Waals surface area contributed by atoms with E-state index in [2.05, 4.69) is 39.8 Å². The van der Waals surface area contributed by atoms with Crippen molar-refractivity contribution < 1.29 is 14.0 Å². The summed E-state index contributed by atoms with van der Waals surface area (Å²) in [6, 6.07) is 8.15. The van der Waals surface area contributed by atoms with Crippen LogP contribution in [-0.2, 0) is 15.7 Å². The van der Waals surface area contributed by atoms with Gasteiger partial charge in [0.2, 0.25) is 0 Å². The predicted molar refractivity (Wildman–Crippen MR) is 77.6 cm³/mol. The maximum atomic E-state index is 5.98. The zero-order valence-corrected chi connectivity index (χ0v) is 12.5. The van der Waals surface area contributed by atoms with Crippen LogP contribution in [-0.4, -0.2) is 25.4 Å². The van der Waals surface area contributed by atoms with Crippen molar-refractivity contribution in [1.82, 2.24) is 0 Å². The van der Waals surface area contributed by atoms with Crippen molar-refractivity contribution in [2.75, 3.05) is 7.11 Å². The van der Waals surface area contributed by atoms with Crippen LogP contribution in [0.5, 0.6) is 5.75 Å². The van der Waals surface area contributed by atoms with Crippen molar-refractivity contribution in [1.29, 1.82) is 0 Å². The van der Waals surface area contributed by atoms with Crippen LogP contribution >= 0.6 is 0 Å². The molecule has 1 aliphatic heterocycles. The molecule has 1 aliphatic rings. The van der Waals surface area contributed by atoms with Crippen molar-refractivity contribution in [3.8, 4) is 5.75 Å². The molecule has 1 fully saturated rings. The molecule has 0 radical (unpaired) electrons. The van der Waals surface area contributed by atoms with Gasteiger partial charge in [0.15, 0.2) is 0 Å². The molecule has 0 amide bonds. The largest absolute Gasteiger partial charge is 0.497 e. The van der Waals surface area contributed by atoms with Crippen molar-refractivity contribution >= 4 is 7.12 Å². The molecule has 1 aromatic rings. The number of hydrogen-bond acceptors (Lipinski definition) is 3. The second-order valence-electron chi connectivity index (χ2n) is 6.07. The molecule has 19 heavy (non-hydrogen) atoms. The molecule has 1 saturated heterocycles. The summed E-state index contributed by atoms with van der Waals surface area (Å²) in [5, 5.41) is 0. The number of aryl methyl sites for hydroxylation is 1. The van der Waals surface area contributed by atoms with E-state index in [-0.39, 0.29) is 18.3 Å². The first-order valence-electron chi connectivity index (χ1n) is 6.83. The lowest BCUT2D eigenvalue weighted by atomic mass is 9.81. The third kappa shape index (κ3) is 3.12. The first kappa shape index (κ1) is 14.4. The van der Waals surface area contributed by atoms with Crippen LogP contribution in [0.3, 0.4) is 0 Å². The molecular weight excluding hydrogens is 239 g/mol. The second-order valence-corrected chi connectivity index (χ2v) is 6.07. The quantitative estimate of drug-likeness (QED) is 0.779. The molecular formula is C15H23BO3. The van der Waals surface area contributed by atoms with Gasteiger partial charge in [0.1, 0.15) is 5.75 Å². The molecule has 0 atom stereocenters. The first-order chi connectivity index (χ1) is 8.84. The van der Waals surface area contributed by atoms with Gasteiger partial charge in [0.25, 0.3) is 0 Å². The van der Waals surface area contributed by atoms with E-state index in [1.807, 2.05) is 12.1 Å². The summed E-state index contributed by atoms with van der Waals surface area (Å²) in [5.41, 5.74) is 0.797. The van der Waals surface area contributed by atoms with Gasteiger partial charge in [0, 0.05) is 0 Å². The summed E-state index contributed by atoms with van der Waals surface area (Å²) in [6.45, 7) is 8.33. The van der Waals surface area contributed by atoms with Crippen molar-refractivity contribution in [3.63, 3.8) is 0 Å². The maximum absolute atomic E-state index is 5.98. The van der Waals surface area contributed by atoms with Crippen LogP contribution in [0.25, 0.3) is 0 Å². The fourth-order valence-corrected chi connectivity index (χ4v) is 2.16. The Kier molecular flexibility index (Phi) is 3.93. The molecule has 0 spiro atoms. The molecule has 104 valence electrons. The smallest absolute Gasteiger partial charge is 0.458 e. The number of ether oxygens (including phenoxy) is 1. The van der Waals surface area contributed by atoms with Gasteiger partial charge in [-0.25, -0.2) is 0 Å². The lowest BCUT2D eigenvalue weighted by molar-refractivity contribution is 0.00578. The molecule has 4 heteroatoms. The molecule has 1 aromatic carbocycles. The van der Waals surface area contributed by atoms with E-state index in [1.54, 1.807) is 7.11 Å². The molecule has 1 heterocycles. The Labute approximate surface area is 116 Å². The van der Waals surface area contributed by atoms with Crippen LogP contribution in [0.15, 0.2) is 24.3 Å². The average molecular weight is 262 g/mol. The van der Waals surface area contributed by atoms with Crippen molar-refractivity contribution in [3.05, 3.63) is 29.8 Å². The van der Waals surface area contributed by atoms with E-state index in [4.69, 9.17) is 14.0 Å². The van der Waals surface area contributed by atoms with E-state index < -0.39 is 0 Å². The van der Waals surface area contributed by atoms with Crippen LogP contribution in [0.2, 0.25) is 6.32 Å². The maximum Gasteiger partial charge on any atom is 0.458 e. The fourth-order valence-electron chi connectivity index (χ4n) is 2.16. The van der Waals surface area contributed by atoms with Crippen molar-refractivity contribution in [2.24, 2.45) is 0 Å². The molecule has 2 rings (SSSR count). The van der Waals surface area contributed by atoms with Gasteiger partial charge >= 0.3 is 7.12 Å². The fraction of sp³-hybridized carbons (Fsp3) is 0.600. The standard InChI is InChI=1S/C15H23BO3/c1-14(2)15(3,4)19-16(18-14)11-10-12-6-8-13(17-5)9-7-12/h6-9H,10-11H2,1-5H3. The van der Waals surface area contributed by atoms with Gasteiger partial charge in [-0.05, 0) is 58.1 Å². The lowest BCUT2D eigenvalue weighted by Crippen LogP contribution is -2.41. The minimum atomic E-state index is -0.239. The minimum absolute atomic E-state index is 0.118. The average Bonchev–Trinajstić information content (AvgIpc) is 2.56. The van der Waals surface area contributed by atoms with Gasteiger partial charge in [-0.3, -0.25) is 0 Å². The number of hydrogen-bond donors (Lipinski definition) is 0. The zero-order chi connectivity index (χ0) is 14.1. The molecule has 0 aliphatic carbocycles. The Bertz CT molecular complexity index is 410. The second kappa shape index (κ2) is 5.18. The summed E-state index contributed by atoms with van der Waals surface area (Å²) in [7, 11) is 1.56. The van der Waals surface area contributed by atoms with Crippen molar-refractivity contribution in [2.45, 2.75) is 51.6 Å². The molecule has 0 N–H and O–H groups in total. The Morgan fingerprint density at radius 1 is 1.00 bits per heavy atom. The van der Waals surface area contributed by atoms with Gasteiger partial charge in [-0.2, -0.15) is 0 Å². The summed E-state index contributed by atoms with van der Waals surface area (Å²) in [6.07, 6.45) is 1.82. The third-order valence-electron chi connectivity index (χ3n) is 4.13. The third-order valence-corrected chi connectivity index (χ3v) is 4.13. The van der Waals surface area contributed by atoms with E-state index in [0.29, 0.717) is 0 Å².